The maximum atomic E-state index is 12.0. The second-order valence-corrected chi connectivity index (χ2v) is 5.76. The average molecular weight is 240 g/mol. The molecular formula is C14H28N2O. The van der Waals surface area contributed by atoms with Crippen LogP contribution in [-0.2, 0) is 4.79 Å². The van der Waals surface area contributed by atoms with Crippen LogP contribution in [0.5, 0.6) is 0 Å². The standard InChI is InChI=1S/C14H28N2O/c1-5-12(10(2)3)8-14(17)16-13-6-7-15-9-11(13)4/h10-13,15H,5-9H2,1-4H3,(H,16,17). The molecule has 0 saturated carbocycles. The van der Waals surface area contributed by atoms with Crippen LogP contribution in [0.4, 0.5) is 0 Å². The van der Waals surface area contributed by atoms with Gasteiger partial charge in [-0.3, -0.25) is 4.79 Å². The molecule has 1 rings (SSSR count). The lowest BCUT2D eigenvalue weighted by Gasteiger charge is -2.31. The minimum atomic E-state index is 0.240. The van der Waals surface area contributed by atoms with Gasteiger partial charge in [-0.25, -0.2) is 0 Å². The summed E-state index contributed by atoms with van der Waals surface area (Å²) < 4.78 is 0. The number of nitrogens with one attached hydrogen (secondary N) is 2. The molecule has 0 aliphatic carbocycles. The van der Waals surface area contributed by atoms with Crippen molar-refractivity contribution < 1.29 is 4.79 Å². The van der Waals surface area contributed by atoms with E-state index in [9.17, 15) is 4.79 Å². The highest BCUT2D eigenvalue weighted by atomic mass is 16.1. The van der Waals surface area contributed by atoms with E-state index in [-0.39, 0.29) is 5.91 Å². The Bertz CT molecular complexity index is 240. The monoisotopic (exact) mass is 240 g/mol. The van der Waals surface area contributed by atoms with E-state index in [1.165, 1.54) is 0 Å². The minimum absolute atomic E-state index is 0.240. The highest BCUT2D eigenvalue weighted by Crippen LogP contribution is 2.19. The van der Waals surface area contributed by atoms with Gasteiger partial charge in [0.05, 0.1) is 0 Å². The van der Waals surface area contributed by atoms with Crippen LogP contribution in [0.2, 0.25) is 0 Å². The molecule has 1 aliphatic rings. The molecule has 0 bridgehead atoms. The first kappa shape index (κ1) is 14.5. The van der Waals surface area contributed by atoms with Crippen LogP contribution in [-0.4, -0.2) is 25.0 Å². The highest BCUT2D eigenvalue weighted by Gasteiger charge is 2.24. The van der Waals surface area contributed by atoms with Gasteiger partial charge in [0.15, 0.2) is 0 Å². The Kier molecular flexibility index (Phi) is 5.96. The van der Waals surface area contributed by atoms with Crippen LogP contribution in [0.15, 0.2) is 0 Å². The van der Waals surface area contributed by atoms with Crippen molar-refractivity contribution in [3.63, 3.8) is 0 Å². The summed E-state index contributed by atoms with van der Waals surface area (Å²) in [4.78, 5) is 12.0. The molecule has 100 valence electrons. The molecule has 0 aromatic rings. The number of rotatable bonds is 5. The quantitative estimate of drug-likeness (QED) is 0.773. The first-order valence-electron chi connectivity index (χ1n) is 7.04. The summed E-state index contributed by atoms with van der Waals surface area (Å²) in [5.74, 6) is 1.90. The molecule has 1 aliphatic heterocycles. The lowest BCUT2D eigenvalue weighted by molar-refractivity contribution is -0.123. The Hall–Kier alpha value is -0.570. The first-order valence-corrected chi connectivity index (χ1v) is 7.04. The molecular weight excluding hydrogens is 212 g/mol. The number of carbonyl (C=O) groups excluding carboxylic acids is 1. The van der Waals surface area contributed by atoms with Crippen LogP contribution >= 0.6 is 0 Å². The van der Waals surface area contributed by atoms with Gasteiger partial charge in [0.2, 0.25) is 5.91 Å². The summed E-state index contributed by atoms with van der Waals surface area (Å²) in [6.45, 7) is 10.8. The molecule has 0 aromatic carbocycles. The van der Waals surface area contributed by atoms with Crippen molar-refractivity contribution in [2.45, 2.75) is 53.0 Å². The highest BCUT2D eigenvalue weighted by molar-refractivity contribution is 5.76. The zero-order valence-corrected chi connectivity index (χ0v) is 11.8. The predicted octanol–water partition coefficient (Wildman–Crippen LogP) is 2.17. The molecule has 1 amide bonds. The number of amides is 1. The third-order valence-corrected chi connectivity index (χ3v) is 4.05. The lowest BCUT2D eigenvalue weighted by Crippen LogP contribution is -2.48. The Balaban J connectivity index is 2.37. The molecule has 2 N–H and O–H groups in total. The summed E-state index contributed by atoms with van der Waals surface area (Å²) in [7, 11) is 0. The van der Waals surface area contributed by atoms with E-state index in [2.05, 4.69) is 38.3 Å². The first-order chi connectivity index (χ1) is 8.04. The molecule has 0 spiro atoms. The van der Waals surface area contributed by atoms with Gasteiger partial charge in [-0.1, -0.05) is 34.1 Å². The number of carbonyl (C=O) groups is 1. The largest absolute Gasteiger partial charge is 0.353 e. The van der Waals surface area contributed by atoms with E-state index >= 15 is 0 Å². The number of hydrogen-bond donors (Lipinski definition) is 2. The third kappa shape index (κ3) is 4.66. The van der Waals surface area contributed by atoms with Crippen molar-refractivity contribution in [3.8, 4) is 0 Å². The third-order valence-electron chi connectivity index (χ3n) is 4.05. The van der Waals surface area contributed by atoms with Gasteiger partial charge in [-0.15, -0.1) is 0 Å². The average Bonchev–Trinajstić information content (AvgIpc) is 2.28. The number of hydrogen-bond acceptors (Lipinski definition) is 2. The topological polar surface area (TPSA) is 41.1 Å². The summed E-state index contributed by atoms with van der Waals surface area (Å²) in [5, 5.41) is 6.57. The zero-order chi connectivity index (χ0) is 12.8. The SMILES string of the molecule is CCC(CC(=O)NC1CCNCC1C)C(C)C. The van der Waals surface area contributed by atoms with Gasteiger partial charge in [0.25, 0.3) is 0 Å². The van der Waals surface area contributed by atoms with Gasteiger partial charge in [0, 0.05) is 12.5 Å². The fourth-order valence-corrected chi connectivity index (χ4v) is 2.58. The summed E-state index contributed by atoms with van der Waals surface area (Å²) >= 11 is 0. The molecule has 1 saturated heterocycles. The molecule has 3 nitrogen and oxygen atoms in total. The molecule has 1 fully saturated rings. The van der Waals surface area contributed by atoms with Crippen molar-refractivity contribution in [3.05, 3.63) is 0 Å². The van der Waals surface area contributed by atoms with Crippen molar-refractivity contribution in [2.24, 2.45) is 17.8 Å². The van der Waals surface area contributed by atoms with Crippen molar-refractivity contribution in [2.75, 3.05) is 13.1 Å². The lowest BCUT2D eigenvalue weighted by atomic mass is 9.89. The van der Waals surface area contributed by atoms with Crippen molar-refractivity contribution >= 4 is 5.91 Å². The van der Waals surface area contributed by atoms with Crippen molar-refractivity contribution in [1.29, 1.82) is 0 Å². The maximum absolute atomic E-state index is 12.0. The second-order valence-electron chi connectivity index (χ2n) is 5.76. The normalized spacial score (nSPS) is 26.9. The van der Waals surface area contributed by atoms with E-state index in [4.69, 9.17) is 0 Å². The Morgan fingerprint density at radius 1 is 1.47 bits per heavy atom. The summed E-state index contributed by atoms with van der Waals surface area (Å²) in [6, 6.07) is 0.369. The Labute approximate surface area is 106 Å². The fraction of sp³-hybridized carbons (Fsp3) is 0.929. The minimum Gasteiger partial charge on any atom is -0.353 e. The predicted molar refractivity (Wildman–Crippen MR) is 71.8 cm³/mol. The van der Waals surface area contributed by atoms with Gasteiger partial charge in [-0.05, 0) is 37.3 Å². The van der Waals surface area contributed by atoms with Gasteiger partial charge in [-0.2, -0.15) is 0 Å². The van der Waals surface area contributed by atoms with E-state index < -0.39 is 0 Å². The van der Waals surface area contributed by atoms with E-state index in [0.717, 1.165) is 25.9 Å². The second kappa shape index (κ2) is 7.00. The molecule has 3 heteroatoms. The molecule has 17 heavy (non-hydrogen) atoms. The molecule has 3 unspecified atom stereocenters. The van der Waals surface area contributed by atoms with Gasteiger partial charge >= 0.3 is 0 Å². The Morgan fingerprint density at radius 3 is 2.71 bits per heavy atom. The molecule has 0 radical (unpaired) electrons. The van der Waals surface area contributed by atoms with Gasteiger partial charge < -0.3 is 10.6 Å². The van der Waals surface area contributed by atoms with E-state index in [1.807, 2.05) is 0 Å². The molecule has 0 aromatic heterocycles. The summed E-state index contributed by atoms with van der Waals surface area (Å²) in [5.41, 5.74) is 0. The van der Waals surface area contributed by atoms with Crippen molar-refractivity contribution in [1.82, 2.24) is 10.6 Å². The summed E-state index contributed by atoms with van der Waals surface area (Å²) in [6.07, 6.45) is 2.84. The smallest absolute Gasteiger partial charge is 0.220 e. The van der Waals surface area contributed by atoms with Crippen LogP contribution in [0.3, 0.4) is 0 Å². The fourth-order valence-electron chi connectivity index (χ4n) is 2.58. The molecule has 1 heterocycles. The van der Waals surface area contributed by atoms with Crippen LogP contribution in [0.25, 0.3) is 0 Å². The Morgan fingerprint density at radius 2 is 2.18 bits per heavy atom. The van der Waals surface area contributed by atoms with Crippen LogP contribution in [0.1, 0.15) is 47.0 Å². The van der Waals surface area contributed by atoms with E-state index in [1.54, 1.807) is 0 Å². The molecule has 3 atom stereocenters. The van der Waals surface area contributed by atoms with Gasteiger partial charge in [0.1, 0.15) is 0 Å². The number of piperidine rings is 1. The zero-order valence-electron chi connectivity index (χ0n) is 11.8. The van der Waals surface area contributed by atoms with Crippen LogP contribution < -0.4 is 10.6 Å². The van der Waals surface area contributed by atoms with Crippen LogP contribution in [0, 0.1) is 17.8 Å². The van der Waals surface area contributed by atoms with E-state index in [0.29, 0.717) is 30.2 Å². The maximum Gasteiger partial charge on any atom is 0.220 e.